The van der Waals surface area contributed by atoms with Gasteiger partial charge in [-0.15, -0.1) is 0 Å². The standard InChI is InChI=1S/C58H72I9N7O22/c1-11-12-37(87)74(54-45(63)39(57(89)71(9)16-32(85)20-76)42(60)51(48(54)66)69-14-35(95-29(6)82)23-92-26(3)79)55-46(64)40(58(90)72(10)17-33(86)21-77)44(62)53(49(55)67)73(18-36(96-30(7)83)24-93-27(4)80)52-43(61)38(56(88)70(8)15-31(84)19-75)41(59)50(47(52)65)68-13-34(94-28(5)81)22-91-25(2)78/h31-36,68-69,75-77,84-86H,11-24H2,1-10H3. The number of anilines is 6. The van der Waals surface area contributed by atoms with E-state index in [4.69, 9.17) is 28.4 Å². The second-order valence-electron chi connectivity index (χ2n) is 21.1. The van der Waals surface area contributed by atoms with E-state index in [9.17, 15) is 59.4 Å². The van der Waals surface area contributed by atoms with Gasteiger partial charge in [-0.05, 0) is 210 Å². The summed E-state index contributed by atoms with van der Waals surface area (Å²) in [6.45, 7) is 2.80. The summed E-state index contributed by atoms with van der Waals surface area (Å²) in [6.07, 6.45) is -7.95. The number of benzene rings is 3. The molecule has 0 aliphatic heterocycles. The predicted octanol–water partition coefficient (Wildman–Crippen LogP) is 6.31. The van der Waals surface area contributed by atoms with E-state index in [-0.39, 0.29) is 122 Å². The monoisotopic (exact) mass is 2360 g/mol. The Morgan fingerprint density at radius 3 is 1.02 bits per heavy atom. The van der Waals surface area contributed by atoms with Crippen molar-refractivity contribution in [3.8, 4) is 0 Å². The third-order valence-corrected chi connectivity index (χ3v) is 22.6. The van der Waals surface area contributed by atoms with Crippen LogP contribution < -0.4 is 20.4 Å². The van der Waals surface area contributed by atoms with Crippen molar-refractivity contribution in [2.45, 2.75) is 97.9 Å². The second-order valence-corrected chi connectivity index (χ2v) is 30.8. The van der Waals surface area contributed by atoms with Crippen molar-refractivity contribution in [3.63, 3.8) is 0 Å². The molecule has 0 aromatic heterocycles. The van der Waals surface area contributed by atoms with Crippen LogP contribution in [0.2, 0.25) is 0 Å². The third-order valence-electron chi connectivity index (χ3n) is 13.1. The Balaban J connectivity index is 3.05. The molecule has 0 radical (unpaired) electrons. The van der Waals surface area contributed by atoms with Gasteiger partial charge in [-0.25, -0.2) is 0 Å². The number of amides is 4. The van der Waals surface area contributed by atoms with Crippen molar-refractivity contribution in [2.24, 2.45) is 0 Å². The lowest BCUT2D eigenvalue weighted by molar-refractivity contribution is -0.155. The fourth-order valence-electron chi connectivity index (χ4n) is 8.97. The van der Waals surface area contributed by atoms with Gasteiger partial charge in [0.05, 0.1) is 141 Å². The van der Waals surface area contributed by atoms with Crippen LogP contribution in [0.4, 0.5) is 34.1 Å². The molecule has 96 heavy (non-hydrogen) atoms. The second kappa shape index (κ2) is 42.0. The Hall–Kier alpha value is -1.91. The molecule has 4 amide bonds. The van der Waals surface area contributed by atoms with E-state index in [1.807, 2.05) is 203 Å². The van der Waals surface area contributed by atoms with Crippen LogP contribution in [0.25, 0.3) is 0 Å². The van der Waals surface area contributed by atoms with Crippen molar-refractivity contribution in [2.75, 3.05) is 120 Å². The lowest BCUT2D eigenvalue weighted by Gasteiger charge is -2.37. The van der Waals surface area contributed by atoms with Crippen molar-refractivity contribution < 1.29 is 107 Å². The topological polar surface area (TPSA) is 388 Å². The molecule has 29 nitrogen and oxygen atoms in total. The molecule has 0 bridgehead atoms. The van der Waals surface area contributed by atoms with E-state index in [1.165, 1.54) is 33.0 Å². The number of esters is 6. The SMILES string of the molecule is CCCC(=O)N(c1c(I)c(NCC(COC(C)=O)OC(C)=O)c(I)c(C(=O)N(C)CC(O)CO)c1I)c1c(I)c(C(=O)N(C)CC(O)CO)c(I)c(N(CC(COC(C)=O)OC(C)=O)c2c(I)c(NCC(COC(C)=O)OC(C)=O)c(I)c(C(=O)N(C)CC(O)CO)c2I)c1I. The summed E-state index contributed by atoms with van der Waals surface area (Å²) in [7, 11) is 4.13. The number of rotatable bonds is 35. The number of likely N-dealkylation sites (N-methyl/N-ethyl adjacent to an activating group) is 3. The lowest BCUT2D eigenvalue weighted by atomic mass is 10.0. The van der Waals surface area contributed by atoms with Crippen LogP contribution in [0, 0.1) is 32.1 Å². The predicted molar refractivity (Wildman–Crippen MR) is 427 cm³/mol. The first kappa shape index (κ1) is 88.3. The Morgan fingerprint density at radius 1 is 0.406 bits per heavy atom. The van der Waals surface area contributed by atoms with E-state index in [1.54, 1.807) is 11.8 Å². The summed E-state index contributed by atoms with van der Waals surface area (Å²) >= 11 is 17.6. The fraction of sp³-hybridized carbons (Fsp3) is 0.517. The van der Waals surface area contributed by atoms with Crippen molar-refractivity contribution >= 4 is 297 Å². The molecular weight excluding hydrogens is 2290 g/mol. The number of hydrogen-bond acceptors (Lipinski definition) is 25. The summed E-state index contributed by atoms with van der Waals surface area (Å²) in [4.78, 5) is 144. The van der Waals surface area contributed by atoms with E-state index in [0.29, 0.717) is 0 Å². The van der Waals surface area contributed by atoms with Crippen molar-refractivity contribution in [3.05, 3.63) is 48.8 Å². The molecule has 0 aliphatic rings. The molecule has 6 unspecified atom stereocenters. The Kier molecular flexibility index (Phi) is 38.6. The number of nitrogens with one attached hydrogen (secondary N) is 2. The maximum atomic E-state index is 15.9. The minimum Gasteiger partial charge on any atom is -0.462 e. The molecule has 0 saturated carbocycles. The first-order chi connectivity index (χ1) is 44.8. The fourth-order valence-corrected chi connectivity index (χ4v) is 22.7. The number of carbonyl (C=O) groups is 10. The van der Waals surface area contributed by atoms with Gasteiger partial charge in [-0.3, -0.25) is 52.8 Å². The normalized spacial score (nSPS) is 13.0. The average molecular weight is 2360 g/mol. The van der Waals surface area contributed by atoms with Crippen LogP contribution >= 0.6 is 203 Å². The number of aliphatic hydroxyl groups is 6. The van der Waals surface area contributed by atoms with Gasteiger partial charge in [-0.1, -0.05) is 6.92 Å². The number of carbonyl (C=O) groups excluding carboxylic acids is 10. The molecule has 3 rings (SSSR count). The molecule has 0 spiro atoms. The van der Waals surface area contributed by atoms with Crippen molar-refractivity contribution in [1.82, 2.24) is 14.7 Å². The van der Waals surface area contributed by atoms with Crippen molar-refractivity contribution in [1.29, 1.82) is 0 Å². The number of hydrogen-bond donors (Lipinski definition) is 8. The van der Waals surface area contributed by atoms with Gasteiger partial charge in [0, 0.05) is 88.7 Å². The first-order valence-electron chi connectivity index (χ1n) is 28.6. The van der Waals surface area contributed by atoms with E-state index >= 15 is 19.2 Å². The van der Waals surface area contributed by atoms with Crippen LogP contribution in [-0.4, -0.2) is 241 Å². The zero-order valence-electron chi connectivity index (χ0n) is 53.2. The summed E-state index contributed by atoms with van der Waals surface area (Å²) < 4.78 is 34.8. The molecule has 0 fully saturated rings. The minimum atomic E-state index is -1.47. The van der Waals surface area contributed by atoms with E-state index in [0.717, 1.165) is 49.3 Å². The van der Waals surface area contributed by atoms with Crippen LogP contribution in [0.5, 0.6) is 0 Å². The van der Waals surface area contributed by atoms with Crippen LogP contribution in [0.15, 0.2) is 0 Å². The first-order valence-corrected chi connectivity index (χ1v) is 38.3. The van der Waals surface area contributed by atoms with Gasteiger partial charge in [0.15, 0.2) is 18.3 Å². The summed E-state index contributed by atoms with van der Waals surface area (Å²) in [5.41, 5.74) is 0.339. The number of ether oxygens (including phenoxy) is 6. The molecule has 0 saturated heterocycles. The van der Waals surface area contributed by atoms with Crippen LogP contribution in [0.3, 0.4) is 0 Å². The minimum absolute atomic E-state index is 0.0192. The number of nitrogens with zero attached hydrogens (tertiary/aromatic N) is 5. The molecule has 534 valence electrons. The summed E-state index contributed by atoms with van der Waals surface area (Å²) in [5, 5.41) is 68.7. The molecule has 0 heterocycles. The highest BCUT2D eigenvalue weighted by molar-refractivity contribution is 14.1. The number of halogens is 9. The smallest absolute Gasteiger partial charge is 0.303 e. The van der Waals surface area contributed by atoms with Crippen LogP contribution in [-0.2, 0) is 62.0 Å². The molecular formula is C58H72I9N7O22. The molecule has 3 aromatic carbocycles. The Labute approximate surface area is 676 Å². The highest BCUT2D eigenvalue weighted by Gasteiger charge is 2.41. The lowest BCUT2D eigenvalue weighted by Crippen LogP contribution is -2.40. The number of aliphatic hydroxyl groups excluding tert-OH is 6. The maximum absolute atomic E-state index is 15.9. The average Bonchev–Trinajstić information content (AvgIpc) is 0.727. The summed E-state index contributed by atoms with van der Waals surface area (Å²) in [5.74, 6) is -7.27. The van der Waals surface area contributed by atoms with Crippen LogP contribution in [0.1, 0.15) is 92.4 Å². The summed E-state index contributed by atoms with van der Waals surface area (Å²) in [6, 6.07) is 0. The molecule has 6 atom stereocenters. The van der Waals surface area contributed by atoms with Gasteiger partial charge >= 0.3 is 35.8 Å². The molecule has 0 aliphatic carbocycles. The zero-order valence-corrected chi connectivity index (χ0v) is 72.6. The maximum Gasteiger partial charge on any atom is 0.303 e. The Morgan fingerprint density at radius 2 is 0.698 bits per heavy atom. The van der Waals surface area contributed by atoms with Gasteiger partial charge in [0.2, 0.25) is 5.91 Å². The molecule has 3 aromatic rings. The van der Waals surface area contributed by atoms with Gasteiger partial charge < -0.3 is 89.3 Å². The largest absolute Gasteiger partial charge is 0.462 e. The quantitative estimate of drug-likeness (QED) is 0.0181. The highest BCUT2D eigenvalue weighted by Crippen LogP contribution is 2.53. The van der Waals surface area contributed by atoms with Gasteiger partial charge in [0.25, 0.3) is 17.7 Å². The molecule has 38 heteroatoms. The van der Waals surface area contributed by atoms with E-state index < -0.39 is 149 Å². The Bertz CT molecular complexity index is 3390. The van der Waals surface area contributed by atoms with Gasteiger partial charge in [-0.2, -0.15) is 0 Å². The van der Waals surface area contributed by atoms with E-state index in [2.05, 4.69) is 10.6 Å². The highest BCUT2D eigenvalue weighted by atomic mass is 127. The zero-order chi connectivity index (χ0) is 73.1. The molecule has 8 N–H and O–H groups in total. The van der Waals surface area contributed by atoms with Gasteiger partial charge in [0.1, 0.15) is 19.8 Å². The third kappa shape index (κ3) is 24.6.